The van der Waals surface area contributed by atoms with Gasteiger partial charge in [0.25, 0.3) is 5.91 Å². The van der Waals surface area contributed by atoms with Crippen LogP contribution in [0.5, 0.6) is 0 Å². The van der Waals surface area contributed by atoms with Gasteiger partial charge in [0.2, 0.25) is 0 Å². The number of urea groups is 1. The van der Waals surface area contributed by atoms with Crippen molar-refractivity contribution in [1.82, 2.24) is 10.3 Å². The third-order valence-electron chi connectivity index (χ3n) is 4.44. The lowest BCUT2D eigenvalue weighted by Crippen LogP contribution is -2.43. The zero-order valence-corrected chi connectivity index (χ0v) is 14.8. The van der Waals surface area contributed by atoms with Crippen LogP contribution in [0.4, 0.5) is 4.79 Å². The number of hydrazone groups is 1. The molecule has 0 aromatic heterocycles. The van der Waals surface area contributed by atoms with Crippen LogP contribution in [0.3, 0.4) is 0 Å². The molecule has 0 unspecified atom stereocenters. The topological polar surface area (TPSA) is 61.8 Å². The van der Waals surface area contributed by atoms with Crippen LogP contribution < -0.4 is 5.32 Å². The van der Waals surface area contributed by atoms with Gasteiger partial charge >= 0.3 is 6.03 Å². The second-order valence-corrected chi connectivity index (χ2v) is 6.22. The van der Waals surface area contributed by atoms with Crippen LogP contribution in [0.15, 0.2) is 71.3 Å². The Morgan fingerprint density at radius 3 is 2.31 bits per heavy atom. The highest BCUT2D eigenvalue weighted by Gasteiger charge is 2.51. The first kappa shape index (κ1) is 17.6. The summed E-state index contributed by atoms with van der Waals surface area (Å²) in [6, 6.07) is 18.5. The largest absolute Gasteiger partial charge is 0.346 e. The van der Waals surface area contributed by atoms with Gasteiger partial charge in [-0.1, -0.05) is 73.7 Å². The molecule has 1 heterocycles. The maximum atomic E-state index is 12.9. The molecule has 26 heavy (non-hydrogen) atoms. The number of carbonyl (C=O) groups is 2. The summed E-state index contributed by atoms with van der Waals surface area (Å²) in [6.07, 6.45) is 3.92. The fourth-order valence-electron chi connectivity index (χ4n) is 3.03. The summed E-state index contributed by atoms with van der Waals surface area (Å²) in [7, 11) is 0. The number of imide groups is 1. The third-order valence-corrected chi connectivity index (χ3v) is 4.44. The van der Waals surface area contributed by atoms with E-state index < -0.39 is 11.6 Å². The second kappa shape index (κ2) is 7.35. The van der Waals surface area contributed by atoms with Gasteiger partial charge in [0.05, 0.1) is 6.21 Å². The quantitative estimate of drug-likeness (QED) is 0.658. The maximum Gasteiger partial charge on any atom is 0.346 e. The molecule has 3 amide bonds. The molecule has 1 saturated heterocycles. The molecule has 5 heteroatoms. The minimum Gasteiger partial charge on any atom is -0.318 e. The normalized spacial score (nSPS) is 20.7. The Morgan fingerprint density at radius 2 is 1.69 bits per heavy atom. The number of carbonyl (C=O) groups excluding carboxylic acids is 2. The molecule has 1 aliphatic heterocycles. The maximum absolute atomic E-state index is 12.9. The number of amides is 3. The Hall–Kier alpha value is -3.21. The van der Waals surface area contributed by atoms with Crippen molar-refractivity contribution in [3.8, 4) is 0 Å². The average molecular weight is 347 g/mol. The van der Waals surface area contributed by atoms with Gasteiger partial charge in [-0.05, 0) is 30.0 Å². The predicted molar refractivity (Wildman–Crippen MR) is 102 cm³/mol. The van der Waals surface area contributed by atoms with Crippen molar-refractivity contribution in [2.24, 2.45) is 5.10 Å². The summed E-state index contributed by atoms with van der Waals surface area (Å²) >= 11 is 0. The molecule has 2 aromatic rings. The molecule has 0 aliphatic carbocycles. The van der Waals surface area contributed by atoms with E-state index >= 15 is 0 Å². The molecule has 5 nitrogen and oxygen atoms in total. The van der Waals surface area contributed by atoms with Crippen LogP contribution in [0.25, 0.3) is 6.08 Å². The first-order valence-electron chi connectivity index (χ1n) is 8.56. The van der Waals surface area contributed by atoms with E-state index in [2.05, 4.69) is 10.4 Å². The van der Waals surface area contributed by atoms with Crippen molar-refractivity contribution in [2.75, 3.05) is 0 Å². The highest BCUT2D eigenvalue weighted by molar-refractivity contribution is 6.07. The Kier molecular flexibility index (Phi) is 4.98. The summed E-state index contributed by atoms with van der Waals surface area (Å²) < 4.78 is 0. The molecule has 0 saturated carbocycles. The minimum absolute atomic E-state index is 0.361. The summed E-state index contributed by atoms with van der Waals surface area (Å²) in [5.41, 5.74) is 1.56. The van der Waals surface area contributed by atoms with E-state index in [-0.39, 0.29) is 5.91 Å². The van der Waals surface area contributed by atoms with Crippen LogP contribution in [-0.2, 0) is 10.3 Å². The van der Waals surface area contributed by atoms with E-state index in [0.717, 1.165) is 21.7 Å². The van der Waals surface area contributed by atoms with Crippen LogP contribution >= 0.6 is 0 Å². The fraction of sp³-hybridized carbons (Fsp3) is 0.190. The van der Waals surface area contributed by atoms with Gasteiger partial charge in [-0.15, -0.1) is 5.01 Å². The van der Waals surface area contributed by atoms with Crippen LogP contribution in [-0.4, -0.2) is 23.2 Å². The summed E-state index contributed by atoms with van der Waals surface area (Å²) in [4.78, 5) is 25.3. The zero-order chi connectivity index (χ0) is 18.6. The Bertz CT molecular complexity index is 859. The first-order chi connectivity index (χ1) is 12.6. The van der Waals surface area contributed by atoms with Gasteiger partial charge in [-0.2, -0.15) is 5.10 Å². The van der Waals surface area contributed by atoms with Gasteiger partial charge in [0.1, 0.15) is 5.54 Å². The summed E-state index contributed by atoms with van der Waals surface area (Å²) in [5, 5.41) is 7.85. The molecule has 0 radical (unpaired) electrons. The summed E-state index contributed by atoms with van der Waals surface area (Å²) in [5.74, 6) is -0.361. The second-order valence-electron chi connectivity index (χ2n) is 6.22. The minimum atomic E-state index is -1.06. The average Bonchev–Trinajstić information content (AvgIpc) is 2.92. The monoisotopic (exact) mass is 347 g/mol. The van der Waals surface area contributed by atoms with Crippen LogP contribution in [0, 0.1) is 0 Å². The number of nitrogens with zero attached hydrogens (tertiary/aromatic N) is 2. The molecule has 3 rings (SSSR count). The summed E-state index contributed by atoms with van der Waals surface area (Å²) in [6.45, 7) is 3.75. The molecule has 1 atom stereocenters. The predicted octanol–water partition coefficient (Wildman–Crippen LogP) is 3.93. The van der Waals surface area contributed by atoms with Crippen LogP contribution in [0.1, 0.15) is 31.4 Å². The van der Waals surface area contributed by atoms with Gasteiger partial charge in [-0.25, -0.2) is 4.79 Å². The van der Waals surface area contributed by atoms with Crippen molar-refractivity contribution in [2.45, 2.75) is 25.8 Å². The Labute approximate surface area is 153 Å². The highest BCUT2D eigenvalue weighted by Crippen LogP contribution is 2.32. The first-order valence-corrected chi connectivity index (χ1v) is 8.56. The lowest BCUT2D eigenvalue weighted by atomic mass is 9.87. The van der Waals surface area contributed by atoms with E-state index in [1.54, 1.807) is 0 Å². The molecular weight excluding hydrogens is 326 g/mol. The lowest BCUT2D eigenvalue weighted by Gasteiger charge is -2.24. The fourth-order valence-corrected chi connectivity index (χ4v) is 3.03. The standard InChI is InChI=1S/C21H21N3O2/c1-3-21(18-12-8-5-9-13-18)19(25)24(20(26)23-21)22-15-16(2)14-17-10-6-4-7-11-17/h4-15H,3H2,1-2H3,(H,23,26)/b16-14+,22-15-/t21-/m0/s1. The molecular formula is C21H21N3O2. The molecule has 1 aliphatic rings. The number of hydrogen-bond acceptors (Lipinski definition) is 3. The van der Waals surface area contributed by atoms with Crippen molar-refractivity contribution in [3.05, 3.63) is 77.4 Å². The Morgan fingerprint density at radius 1 is 1.08 bits per heavy atom. The third kappa shape index (κ3) is 3.28. The van der Waals surface area contributed by atoms with Gasteiger partial charge in [-0.3, -0.25) is 4.79 Å². The van der Waals surface area contributed by atoms with E-state index in [0.29, 0.717) is 6.42 Å². The number of hydrogen-bond donors (Lipinski definition) is 1. The van der Waals surface area contributed by atoms with Crippen molar-refractivity contribution >= 4 is 24.2 Å². The van der Waals surface area contributed by atoms with Crippen molar-refractivity contribution in [1.29, 1.82) is 0 Å². The molecule has 1 fully saturated rings. The lowest BCUT2D eigenvalue weighted by molar-refractivity contribution is -0.131. The SMILES string of the molecule is CC[C@@]1(c2ccccc2)NC(=O)N(/N=C\C(C)=C\c2ccccc2)C1=O. The van der Waals surface area contributed by atoms with E-state index in [4.69, 9.17) is 0 Å². The number of allylic oxidation sites excluding steroid dienone is 1. The highest BCUT2D eigenvalue weighted by atomic mass is 16.2. The Balaban J connectivity index is 1.84. The molecule has 1 N–H and O–H groups in total. The zero-order valence-electron chi connectivity index (χ0n) is 14.8. The molecule has 0 spiro atoms. The number of nitrogens with one attached hydrogen (secondary N) is 1. The van der Waals surface area contributed by atoms with Crippen LogP contribution in [0.2, 0.25) is 0 Å². The number of benzene rings is 2. The smallest absolute Gasteiger partial charge is 0.318 e. The van der Waals surface area contributed by atoms with Crippen molar-refractivity contribution < 1.29 is 9.59 Å². The molecule has 132 valence electrons. The molecule has 2 aromatic carbocycles. The van der Waals surface area contributed by atoms with Gasteiger partial charge in [0.15, 0.2) is 0 Å². The van der Waals surface area contributed by atoms with E-state index in [1.165, 1.54) is 6.21 Å². The van der Waals surface area contributed by atoms with Crippen molar-refractivity contribution in [3.63, 3.8) is 0 Å². The van der Waals surface area contributed by atoms with E-state index in [9.17, 15) is 9.59 Å². The number of rotatable bonds is 5. The van der Waals surface area contributed by atoms with Gasteiger partial charge < -0.3 is 5.32 Å². The van der Waals surface area contributed by atoms with E-state index in [1.807, 2.05) is 80.6 Å². The van der Waals surface area contributed by atoms with Gasteiger partial charge in [0, 0.05) is 0 Å². The molecule has 0 bridgehead atoms.